The summed E-state index contributed by atoms with van der Waals surface area (Å²) in [6.07, 6.45) is 6.97. The number of amides is 1. The molecule has 0 spiro atoms. The van der Waals surface area contributed by atoms with Gasteiger partial charge in [0, 0.05) is 32.9 Å². The third-order valence-electron chi connectivity index (χ3n) is 5.46. The van der Waals surface area contributed by atoms with E-state index in [-0.39, 0.29) is 17.0 Å². The number of ether oxygens (including phenoxy) is 1. The molecule has 1 unspecified atom stereocenters. The molecule has 0 aliphatic carbocycles. The Labute approximate surface area is 166 Å². The third kappa shape index (κ3) is 5.10. The predicted octanol–water partition coefficient (Wildman–Crippen LogP) is 3.43. The molecule has 2 aromatic rings. The first-order valence-electron chi connectivity index (χ1n) is 10.2. The van der Waals surface area contributed by atoms with Gasteiger partial charge < -0.3 is 14.2 Å². The first-order chi connectivity index (χ1) is 13.6. The standard InChI is InChI=1S/C23H30N2O3/c1-18-12-15-25(16-13-19-8-4-3-5-9-19)23(27)21(18)22(26)24(2)14-6-10-20-11-7-17-28-20/h3-5,8-9,12,15,20H,6-7,10-11,13-14,16-17H2,1-2H3. The van der Waals surface area contributed by atoms with Crippen molar-refractivity contribution < 1.29 is 9.53 Å². The molecule has 1 aliphatic rings. The minimum absolute atomic E-state index is 0.191. The summed E-state index contributed by atoms with van der Waals surface area (Å²) in [5, 5.41) is 0. The maximum atomic E-state index is 12.9. The monoisotopic (exact) mass is 382 g/mol. The molecular weight excluding hydrogens is 352 g/mol. The molecule has 0 bridgehead atoms. The first kappa shape index (κ1) is 20.3. The zero-order chi connectivity index (χ0) is 19.9. The van der Waals surface area contributed by atoms with Crippen molar-refractivity contribution in [2.24, 2.45) is 0 Å². The highest BCUT2D eigenvalue weighted by atomic mass is 16.5. The van der Waals surface area contributed by atoms with Crippen molar-refractivity contribution in [3.63, 3.8) is 0 Å². The molecule has 1 aliphatic heterocycles. The van der Waals surface area contributed by atoms with Gasteiger partial charge in [-0.3, -0.25) is 9.59 Å². The molecule has 5 nitrogen and oxygen atoms in total. The normalized spacial score (nSPS) is 16.3. The van der Waals surface area contributed by atoms with Gasteiger partial charge >= 0.3 is 0 Å². The smallest absolute Gasteiger partial charge is 0.263 e. The summed E-state index contributed by atoms with van der Waals surface area (Å²) in [6, 6.07) is 11.9. The van der Waals surface area contributed by atoms with Crippen LogP contribution in [0.2, 0.25) is 0 Å². The Morgan fingerprint density at radius 2 is 2.04 bits per heavy atom. The lowest BCUT2D eigenvalue weighted by Crippen LogP contribution is -2.36. The Morgan fingerprint density at radius 1 is 1.25 bits per heavy atom. The molecule has 1 aromatic carbocycles. The van der Waals surface area contributed by atoms with E-state index in [2.05, 4.69) is 0 Å². The van der Waals surface area contributed by atoms with E-state index in [1.807, 2.05) is 43.3 Å². The molecule has 2 heterocycles. The van der Waals surface area contributed by atoms with E-state index in [0.717, 1.165) is 44.3 Å². The van der Waals surface area contributed by atoms with E-state index in [1.54, 1.807) is 22.7 Å². The highest BCUT2D eigenvalue weighted by Crippen LogP contribution is 2.17. The van der Waals surface area contributed by atoms with Crippen LogP contribution in [-0.4, -0.2) is 41.7 Å². The molecule has 0 N–H and O–H groups in total. The summed E-state index contributed by atoms with van der Waals surface area (Å²) in [4.78, 5) is 27.5. The molecule has 0 radical (unpaired) electrons. The van der Waals surface area contributed by atoms with Gasteiger partial charge in [-0.25, -0.2) is 0 Å². The van der Waals surface area contributed by atoms with Gasteiger partial charge in [0.1, 0.15) is 5.56 Å². The predicted molar refractivity (Wildman–Crippen MR) is 111 cm³/mol. The lowest BCUT2D eigenvalue weighted by atomic mass is 10.1. The second-order valence-corrected chi connectivity index (χ2v) is 7.61. The molecule has 1 fully saturated rings. The molecule has 1 saturated heterocycles. The molecule has 0 saturated carbocycles. The first-order valence-corrected chi connectivity index (χ1v) is 10.2. The van der Waals surface area contributed by atoms with Crippen molar-refractivity contribution in [1.29, 1.82) is 0 Å². The summed E-state index contributed by atoms with van der Waals surface area (Å²) in [5.41, 5.74) is 1.99. The number of rotatable bonds is 8. The molecule has 28 heavy (non-hydrogen) atoms. The minimum Gasteiger partial charge on any atom is -0.378 e. The maximum absolute atomic E-state index is 12.9. The quantitative estimate of drug-likeness (QED) is 0.703. The van der Waals surface area contributed by atoms with E-state index >= 15 is 0 Å². The van der Waals surface area contributed by atoms with Crippen LogP contribution in [0.15, 0.2) is 47.4 Å². The summed E-state index contributed by atoms with van der Waals surface area (Å²) in [6.45, 7) is 3.88. The van der Waals surface area contributed by atoms with Gasteiger partial charge in [0.15, 0.2) is 0 Å². The second kappa shape index (κ2) is 9.69. The molecule has 1 atom stereocenters. The Bertz CT molecular complexity index is 839. The number of nitrogens with zero attached hydrogens (tertiary/aromatic N) is 2. The lowest BCUT2D eigenvalue weighted by molar-refractivity contribution is 0.0760. The van der Waals surface area contributed by atoms with E-state index < -0.39 is 0 Å². The summed E-state index contributed by atoms with van der Waals surface area (Å²) >= 11 is 0. The SMILES string of the molecule is Cc1ccn(CCc2ccccc2)c(=O)c1C(=O)N(C)CCCC1CCCO1. The topological polar surface area (TPSA) is 51.5 Å². The summed E-state index contributed by atoms with van der Waals surface area (Å²) < 4.78 is 7.29. The van der Waals surface area contributed by atoms with Crippen LogP contribution in [0.25, 0.3) is 0 Å². The van der Waals surface area contributed by atoms with Crippen LogP contribution in [0.5, 0.6) is 0 Å². The number of aromatic nitrogens is 1. The average Bonchev–Trinajstić information content (AvgIpc) is 3.21. The van der Waals surface area contributed by atoms with Crippen LogP contribution in [0, 0.1) is 6.92 Å². The Kier molecular flexibility index (Phi) is 7.04. The zero-order valence-electron chi connectivity index (χ0n) is 16.9. The van der Waals surface area contributed by atoms with Gasteiger partial charge in [0.25, 0.3) is 11.5 Å². The van der Waals surface area contributed by atoms with Gasteiger partial charge in [0.05, 0.1) is 6.10 Å². The molecule has 1 aromatic heterocycles. The van der Waals surface area contributed by atoms with Crippen molar-refractivity contribution in [3.8, 4) is 0 Å². The van der Waals surface area contributed by atoms with Gasteiger partial charge in [-0.05, 0) is 56.2 Å². The molecule has 5 heteroatoms. The third-order valence-corrected chi connectivity index (χ3v) is 5.46. The lowest BCUT2D eigenvalue weighted by Gasteiger charge is -2.19. The second-order valence-electron chi connectivity index (χ2n) is 7.61. The number of benzene rings is 1. The Hall–Kier alpha value is -2.40. The van der Waals surface area contributed by atoms with Crippen molar-refractivity contribution in [3.05, 3.63) is 69.6 Å². The number of hydrogen-bond acceptors (Lipinski definition) is 3. The maximum Gasteiger partial charge on any atom is 0.263 e. The van der Waals surface area contributed by atoms with E-state index in [0.29, 0.717) is 19.2 Å². The minimum atomic E-state index is -0.202. The fourth-order valence-corrected chi connectivity index (χ4v) is 3.72. The highest BCUT2D eigenvalue weighted by Gasteiger charge is 2.20. The van der Waals surface area contributed by atoms with Crippen LogP contribution in [0.1, 0.15) is 47.2 Å². The largest absolute Gasteiger partial charge is 0.378 e. The number of carbonyl (C=O) groups excluding carboxylic acids is 1. The van der Waals surface area contributed by atoms with Crippen LogP contribution in [0.4, 0.5) is 0 Å². The molecular formula is C23H30N2O3. The van der Waals surface area contributed by atoms with Crippen LogP contribution in [-0.2, 0) is 17.7 Å². The van der Waals surface area contributed by atoms with Crippen molar-refractivity contribution in [2.45, 2.75) is 51.7 Å². The van der Waals surface area contributed by atoms with Gasteiger partial charge in [-0.15, -0.1) is 0 Å². The number of aryl methyl sites for hydroxylation is 3. The Balaban J connectivity index is 1.64. The summed E-state index contributed by atoms with van der Waals surface area (Å²) in [5.74, 6) is -0.191. The molecule has 3 rings (SSSR count). The van der Waals surface area contributed by atoms with Gasteiger partial charge in [-0.1, -0.05) is 30.3 Å². The number of carbonyl (C=O) groups is 1. The fraction of sp³-hybridized carbons (Fsp3) is 0.478. The van der Waals surface area contributed by atoms with Crippen LogP contribution >= 0.6 is 0 Å². The molecule has 150 valence electrons. The van der Waals surface area contributed by atoms with Crippen molar-refractivity contribution >= 4 is 5.91 Å². The van der Waals surface area contributed by atoms with Gasteiger partial charge in [-0.2, -0.15) is 0 Å². The van der Waals surface area contributed by atoms with E-state index in [9.17, 15) is 9.59 Å². The van der Waals surface area contributed by atoms with Crippen molar-refractivity contribution in [2.75, 3.05) is 20.2 Å². The van der Waals surface area contributed by atoms with Gasteiger partial charge in [0.2, 0.25) is 0 Å². The number of pyridine rings is 1. The Morgan fingerprint density at radius 3 is 2.75 bits per heavy atom. The summed E-state index contributed by atoms with van der Waals surface area (Å²) in [7, 11) is 1.78. The highest BCUT2D eigenvalue weighted by molar-refractivity contribution is 5.95. The van der Waals surface area contributed by atoms with E-state index in [4.69, 9.17) is 4.74 Å². The molecule has 1 amide bonds. The van der Waals surface area contributed by atoms with Crippen molar-refractivity contribution in [1.82, 2.24) is 9.47 Å². The van der Waals surface area contributed by atoms with Crippen LogP contribution < -0.4 is 5.56 Å². The average molecular weight is 383 g/mol. The number of hydrogen-bond donors (Lipinski definition) is 0. The van der Waals surface area contributed by atoms with Crippen LogP contribution in [0.3, 0.4) is 0 Å². The fourth-order valence-electron chi connectivity index (χ4n) is 3.72. The van der Waals surface area contributed by atoms with E-state index in [1.165, 1.54) is 5.56 Å². The zero-order valence-corrected chi connectivity index (χ0v) is 16.9.